The number of nitrogens with one attached hydrogen (secondary N) is 1. The third-order valence-electron chi connectivity index (χ3n) is 5.53. The molecule has 9 heteroatoms. The van der Waals surface area contributed by atoms with Gasteiger partial charge in [0.2, 0.25) is 0 Å². The highest BCUT2D eigenvalue weighted by molar-refractivity contribution is 5.83. The molecule has 9 nitrogen and oxygen atoms in total. The van der Waals surface area contributed by atoms with E-state index in [-0.39, 0.29) is 24.9 Å². The van der Waals surface area contributed by atoms with E-state index in [2.05, 4.69) is 37.3 Å². The number of benzene rings is 1. The molecule has 0 bridgehead atoms. The Labute approximate surface area is 180 Å². The van der Waals surface area contributed by atoms with Crippen LogP contribution in [0.15, 0.2) is 43.0 Å². The molecule has 2 fully saturated rings. The van der Waals surface area contributed by atoms with Crippen LogP contribution in [0.25, 0.3) is 11.2 Å². The molecular weight excluding hydrogens is 396 g/mol. The number of aromatic nitrogens is 4. The molecule has 2 aromatic heterocycles. The zero-order chi connectivity index (χ0) is 21.2. The van der Waals surface area contributed by atoms with Gasteiger partial charge in [0.1, 0.15) is 25.3 Å². The number of hydrogen-bond acceptors (Lipinski definition) is 8. The largest absolute Gasteiger partial charge is 0.463 e. The van der Waals surface area contributed by atoms with Gasteiger partial charge in [-0.3, -0.25) is 14.3 Å². The minimum atomic E-state index is -0.308. The molecule has 162 valence electrons. The molecule has 1 N–H and O–H groups in total. The molecule has 0 unspecified atom stereocenters. The SMILES string of the molecule is CC(=O)OC[C@@H]1CN(Cc2ccccc2)C[C@H](n2cnc3c(NC4CC4)ncnc32)O1. The molecule has 0 spiro atoms. The van der Waals surface area contributed by atoms with Crippen LogP contribution in [0.2, 0.25) is 0 Å². The van der Waals surface area contributed by atoms with E-state index in [1.54, 1.807) is 12.7 Å². The Hall–Kier alpha value is -3.04. The van der Waals surface area contributed by atoms with Crippen LogP contribution in [0.4, 0.5) is 5.82 Å². The summed E-state index contributed by atoms with van der Waals surface area (Å²) in [6, 6.07) is 10.8. The second kappa shape index (κ2) is 8.60. The van der Waals surface area contributed by atoms with Crippen LogP contribution in [-0.4, -0.2) is 62.2 Å². The fraction of sp³-hybridized carbons (Fsp3) is 0.455. The third-order valence-corrected chi connectivity index (χ3v) is 5.53. The van der Waals surface area contributed by atoms with Crippen LogP contribution in [0.3, 0.4) is 0 Å². The van der Waals surface area contributed by atoms with Gasteiger partial charge in [0.15, 0.2) is 17.0 Å². The van der Waals surface area contributed by atoms with Crippen molar-refractivity contribution in [3.63, 3.8) is 0 Å². The molecule has 1 aliphatic carbocycles. The van der Waals surface area contributed by atoms with E-state index in [1.807, 2.05) is 22.8 Å². The summed E-state index contributed by atoms with van der Waals surface area (Å²) < 4.78 is 13.5. The molecule has 1 saturated heterocycles. The number of hydrogen-bond donors (Lipinski definition) is 1. The number of carbonyl (C=O) groups excluding carboxylic acids is 1. The molecule has 0 radical (unpaired) electrons. The first-order chi connectivity index (χ1) is 15.2. The van der Waals surface area contributed by atoms with Crippen molar-refractivity contribution in [2.45, 2.75) is 44.7 Å². The van der Waals surface area contributed by atoms with E-state index in [0.29, 0.717) is 19.1 Å². The summed E-state index contributed by atoms with van der Waals surface area (Å²) in [5.41, 5.74) is 2.70. The number of nitrogens with zero attached hydrogens (tertiary/aromatic N) is 5. The van der Waals surface area contributed by atoms with Crippen molar-refractivity contribution in [1.82, 2.24) is 24.4 Å². The highest BCUT2D eigenvalue weighted by Gasteiger charge is 2.31. The van der Waals surface area contributed by atoms with Crippen LogP contribution < -0.4 is 5.32 Å². The van der Waals surface area contributed by atoms with Gasteiger partial charge in [0.05, 0.1) is 6.33 Å². The van der Waals surface area contributed by atoms with Crippen LogP contribution in [0, 0.1) is 0 Å². The van der Waals surface area contributed by atoms with Gasteiger partial charge in [-0.25, -0.2) is 15.0 Å². The number of morpholine rings is 1. The molecule has 3 aromatic rings. The van der Waals surface area contributed by atoms with Gasteiger partial charge >= 0.3 is 5.97 Å². The normalized spacial score (nSPS) is 21.8. The third kappa shape index (κ3) is 4.67. The standard InChI is InChI=1S/C22H26N6O3/c1-15(29)30-12-18-10-27(9-16-5-3-2-4-6-16)11-19(31-18)28-14-25-20-21(26-17-7-8-17)23-13-24-22(20)28/h2-6,13-14,17-19H,7-12H2,1H3,(H,23,24,26)/t18-,19+/m0/s1. The Morgan fingerprint density at radius 2 is 2.03 bits per heavy atom. The molecule has 31 heavy (non-hydrogen) atoms. The number of imidazole rings is 1. The van der Waals surface area contributed by atoms with Crippen molar-refractivity contribution in [1.29, 1.82) is 0 Å². The zero-order valence-electron chi connectivity index (χ0n) is 17.5. The fourth-order valence-corrected chi connectivity index (χ4v) is 3.91. The van der Waals surface area contributed by atoms with Crippen molar-refractivity contribution in [2.24, 2.45) is 0 Å². The Bertz CT molecular complexity index is 1050. The van der Waals surface area contributed by atoms with Gasteiger partial charge in [-0.05, 0) is 18.4 Å². The summed E-state index contributed by atoms with van der Waals surface area (Å²) in [5.74, 6) is 0.455. The lowest BCUT2D eigenvalue weighted by molar-refractivity contribution is -0.162. The Kier molecular flexibility index (Phi) is 5.52. The van der Waals surface area contributed by atoms with Crippen LogP contribution in [0.1, 0.15) is 31.6 Å². The number of esters is 1. The van der Waals surface area contributed by atoms with Gasteiger partial charge < -0.3 is 14.8 Å². The van der Waals surface area contributed by atoms with Gasteiger partial charge in [0.25, 0.3) is 0 Å². The Morgan fingerprint density at radius 3 is 2.81 bits per heavy atom. The predicted octanol–water partition coefficient (Wildman–Crippen LogP) is 2.36. The van der Waals surface area contributed by atoms with Crippen molar-refractivity contribution in [3.05, 3.63) is 48.5 Å². The average molecular weight is 422 g/mol. The van der Waals surface area contributed by atoms with Gasteiger partial charge in [-0.1, -0.05) is 30.3 Å². The number of ether oxygens (including phenoxy) is 2. The molecule has 2 atom stereocenters. The second-order valence-electron chi connectivity index (χ2n) is 8.16. The lowest BCUT2D eigenvalue weighted by Crippen LogP contribution is -2.47. The maximum atomic E-state index is 11.3. The molecular formula is C22H26N6O3. The molecule has 2 aliphatic rings. The maximum Gasteiger partial charge on any atom is 0.302 e. The topological polar surface area (TPSA) is 94.4 Å². The Morgan fingerprint density at radius 1 is 1.19 bits per heavy atom. The Balaban J connectivity index is 1.40. The molecule has 5 rings (SSSR count). The van der Waals surface area contributed by atoms with Crippen molar-refractivity contribution >= 4 is 23.0 Å². The number of fused-ring (bicyclic) bond motifs is 1. The summed E-state index contributed by atoms with van der Waals surface area (Å²) in [6.07, 6.45) is 5.10. The number of rotatable bonds is 7. The van der Waals surface area contributed by atoms with E-state index in [4.69, 9.17) is 9.47 Å². The molecule has 1 saturated carbocycles. The molecule has 1 aromatic carbocycles. The van der Waals surface area contributed by atoms with Crippen molar-refractivity contribution in [3.8, 4) is 0 Å². The summed E-state index contributed by atoms with van der Waals surface area (Å²) in [5, 5.41) is 3.42. The first kappa shape index (κ1) is 19.9. The molecule has 3 heterocycles. The highest BCUT2D eigenvalue weighted by atomic mass is 16.6. The predicted molar refractivity (Wildman–Crippen MR) is 114 cm³/mol. The second-order valence-corrected chi connectivity index (χ2v) is 8.16. The van der Waals surface area contributed by atoms with E-state index in [0.717, 1.165) is 36.4 Å². The summed E-state index contributed by atoms with van der Waals surface area (Å²) in [7, 11) is 0. The van der Waals surface area contributed by atoms with Crippen LogP contribution >= 0.6 is 0 Å². The first-order valence-electron chi connectivity index (χ1n) is 10.6. The lowest BCUT2D eigenvalue weighted by atomic mass is 10.2. The minimum Gasteiger partial charge on any atom is -0.463 e. The average Bonchev–Trinajstić information content (AvgIpc) is 3.48. The molecule has 1 aliphatic heterocycles. The highest BCUT2D eigenvalue weighted by Crippen LogP contribution is 2.29. The van der Waals surface area contributed by atoms with E-state index in [1.165, 1.54) is 12.5 Å². The van der Waals surface area contributed by atoms with Crippen molar-refractivity contribution in [2.75, 3.05) is 25.0 Å². The van der Waals surface area contributed by atoms with Gasteiger partial charge in [-0.2, -0.15) is 0 Å². The number of carbonyl (C=O) groups is 1. The monoisotopic (exact) mass is 422 g/mol. The smallest absolute Gasteiger partial charge is 0.302 e. The quantitative estimate of drug-likeness (QED) is 0.580. The number of anilines is 1. The summed E-state index contributed by atoms with van der Waals surface area (Å²) in [6.45, 7) is 3.76. The van der Waals surface area contributed by atoms with Crippen LogP contribution in [0.5, 0.6) is 0 Å². The summed E-state index contributed by atoms with van der Waals surface area (Å²) >= 11 is 0. The maximum absolute atomic E-state index is 11.3. The van der Waals surface area contributed by atoms with Gasteiger partial charge in [-0.15, -0.1) is 0 Å². The van der Waals surface area contributed by atoms with Crippen LogP contribution in [-0.2, 0) is 20.8 Å². The fourth-order valence-electron chi connectivity index (χ4n) is 3.91. The summed E-state index contributed by atoms with van der Waals surface area (Å²) in [4.78, 5) is 27.1. The lowest BCUT2D eigenvalue weighted by Gasteiger charge is -2.38. The van der Waals surface area contributed by atoms with E-state index >= 15 is 0 Å². The molecule has 0 amide bonds. The van der Waals surface area contributed by atoms with Crippen molar-refractivity contribution < 1.29 is 14.3 Å². The van der Waals surface area contributed by atoms with Gasteiger partial charge in [0, 0.05) is 32.6 Å². The minimum absolute atomic E-state index is 0.215. The zero-order valence-corrected chi connectivity index (χ0v) is 17.5. The first-order valence-corrected chi connectivity index (χ1v) is 10.6. The van der Waals surface area contributed by atoms with E-state index < -0.39 is 0 Å². The van der Waals surface area contributed by atoms with E-state index in [9.17, 15) is 4.79 Å².